The lowest BCUT2D eigenvalue weighted by atomic mass is 10.1. The van der Waals surface area contributed by atoms with Gasteiger partial charge in [-0.3, -0.25) is 10.1 Å². The van der Waals surface area contributed by atoms with Crippen molar-refractivity contribution in [2.45, 2.75) is 0 Å². The summed E-state index contributed by atoms with van der Waals surface area (Å²) in [4.78, 5) is 12.3. The maximum Gasteiger partial charge on any atom is 0.293 e. The molecule has 1 amide bonds. The molecule has 3 aromatic carbocycles. The standard InChI is InChI=1S/C20H14N2O2S/c23-19(18-12-15-7-3-4-8-17(15)24-18)22-20(25)21-16-10-9-13-5-1-2-6-14(13)11-16/h1-12H,(H2,21,22,23,25). The molecule has 4 aromatic rings. The van der Waals surface area contributed by atoms with Crippen LogP contribution in [0.15, 0.2) is 77.2 Å². The number of para-hydroxylation sites is 1. The van der Waals surface area contributed by atoms with E-state index in [4.69, 9.17) is 16.6 Å². The minimum atomic E-state index is -0.380. The van der Waals surface area contributed by atoms with Crippen LogP contribution < -0.4 is 10.6 Å². The molecule has 0 aliphatic rings. The number of hydrogen-bond acceptors (Lipinski definition) is 3. The number of anilines is 1. The Hall–Kier alpha value is -3.18. The summed E-state index contributed by atoms with van der Waals surface area (Å²) in [6.45, 7) is 0. The van der Waals surface area contributed by atoms with Crippen LogP contribution in [-0.4, -0.2) is 11.0 Å². The van der Waals surface area contributed by atoms with Gasteiger partial charge in [0.05, 0.1) is 0 Å². The number of furan rings is 1. The first-order valence-corrected chi connectivity index (χ1v) is 8.19. The Morgan fingerprint density at radius 1 is 0.840 bits per heavy atom. The molecule has 0 atom stereocenters. The number of fused-ring (bicyclic) bond motifs is 2. The molecule has 25 heavy (non-hydrogen) atoms. The van der Waals surface area contributed by atoms with Gasteiger partial charge in [0, 0.05) is 11.1 Å². The molecule has 0 aliphatic carbocycles. The zero-order valence-electron chi connectivity index (χ0n) is 13.2. The number of benzene rings is 3. The second-order valence-corrected chi connectivity index (χ2v) is 6.03. The summed E-state index contributed by atoms with van der Waals surface area (Å²) in [5.41, 5.74) is 1.48. The predicted molar refractivity (Wildman–Crippen MR) is 104 cm³/mol. The third-order valence-corrected chi connectivity index (χ3v) is 4.09. The zero-order chi connectivity index (χ0) is 17.2. The Bertz CT molecular complexity index is 1070. The molecule has 0 saturated heterocycles. The number of amides is 1. The molecule has 5 heteroatoms. The van der Waals surface area contributed by atoms with E-state index in [2.05, 4.69) is 10.6 Å². The van der Waals surface area contributed by atoms with Gasteiger partial charge in [-0.25, -0.2) is 0 Å². The molecular formula is C20H14N2O2S. The normalized spacial score (nSPS) is 10.7. The number of hydrogen-bond donors (Lipinski definition) is 2. The van der Waals surface area contributed by atoms with Gasteiger partial charge in [0.2, 0.25) is 0 Å². The Balaban J connectivity index is 1.47. The Labute approximate surface area is 149 Å². The first-order valence-electron chi connectivity index (χ1n) is 7.79. The fourth-order valence-electron chi connectivity index (χ4n) is 2.69. The van der Waals surface area contributed by atoms with Gasteiger partial charge in [-0.05, 0) is 47.3 Å². The molecule has 0 spiro atoms. The van der Waals surface area contributed by atoms with Crippen LogP contribution in [0.4, 0.5) is 5.69 Å². The Morgan fingerprint density at radius 2 is 1.56 bits per heavy atom. The van der Waals surface area contributed by atoms with Gasteiger partial charge in [0.25, 0.3) is 5.91 Å². The highest BCUT2D eigenvalue weighted by molar-refractivity contribution is 7.80. The van der Waals surface area contributed by atoms with Crippen LogP contribution >= 0.6 is 12.2 Å². The number of carbonyl (C=O) groups excluding carboxylic acids is 1. The lowest BCUT2D eigenvalue weighted by Crippen LogP contribution is -2.33. The van der Waals surface area contributed by atoms with E-state index in [1.54, 1.807) is 6.07 Å². The smallest absolute Gasteiger partial charge is 0.293 e. The van der Waals surface area contributed by atoms with E-state index in [1.807, 2.05) is 66.7 Å². The molecule has 2 N–H and O–H groups in total. The zero-order valence-corrected chi connectivity index (χ0v) is 14.0. The molecule has 4 rings (SSSR count). The van der Waals surface area contributed by atoms with Crippen LogP contribution in [0.1, 0.15) is 10.6 Å². The third kappa shape index (κ3) is 3.22. The molecule has 0 aliphatic heterocycles. The van der Waals surface area contributed by atoms with Crippen molar-refractivity contribution in [3.05, 3.63) is 78.6 Å². The molecule has 0 radical (unpaired) electrons. The largest absolute Gasteiger partial charge is 0.451 e. The van der Waals surface area contributed by atoms with E-state index < -0.39 is 0 Å². The number of carbonyl (C=O) groups is 1. The molecule has 1 heterocycles. The second-order valence-electron chi connectivity index (χ2n) is 5.62. The number of thiocarbonyl (C=S) groups is 1. The van der Waals surface area contributed by atoms with Gasteiger partial charge in [-0.2, -0.15) is 0 Å². The van der Waals surface area contributed by atoms with Gasteiger partial charge in [-0.1, -0.05) is 48.5 Å². The average molecular weight is 346 g/mol. The molecule has 0 saturated carbocycles. The van der Waals surface area contributed by atoms with Gasteiger partial charge in [0.15, 0.2) is 10.9 Å². The first-order chi connectivity index (χ1) is 12.2. The van der Waals surface area contributed by atoms with Crippen molar-refractivity contribution in [1.29, 1.82) is 0 Å². The maximum atomic E-state index is 12.3. The molecule has 1 aromatic heterocycles. The maximum absolute atomic E-state index is 12.3. The lowest BCUT2D eigenvalue weighted by Gasteiger charge is -2.09. The van der Waals surface area contributed by atoms with Gasteiger partial charge in [-0.15, -0.1) is 0 Å². The summed E-state index contributed by atoms with van der Waals surface area (Å²) >= 11 is 5.23. The highest BCUT2D eigenvalue weighted by Gasteiger charge is 2.13. The highest BCUT2D eigenvalue weighted by atomic mass is 32.1. The van der Waals surface area contributed by atoms with Crippen LogP contribution in [0.5, 0.6) is 0 Å². The molecule has 4 nitrogen and oxygen atoms in total. The van der Waals surface area contributed by atoms with Crippen molar-refractivity contribution >= 4 is 50.7 Å². The Kier molecular flexibility index (Phi) is 3.91. The number of rotatable bonds is 2. The second kappa shape index (κ2) is 6.37. The lowest BCUT2D eigenvalue weighted by molar-refractivity contribution is 0.0953. The summed E-state index contributed by atoms with van der Waals surface area (Å²) in [6, 6.07) is 23.1. The highest BCUT2D eigenvalue weighted by Crippen LogP contribution is 2.20. The van der Waals surface area contributed by atoms with E-state index in [-0.39, 0.29) is 16.8 Å². The summed E-state index contributed by atoms with van der Waals surface area (Å²) in [7, 11) is 0. The van der Waals surface area contributed by atoms with Crippen molar-refractivity contribution in [2.24, 2.45) is 0 Å². The van der Waals surface area contributed by atoms with E-state index in [0.29, 0.717) is 5.58 Å². The topological polar surface area (TPSA) is 54.3 Å². The summed E-state index contributed by atoms with van der Waals surface area (Å²) in [6.07, 6.45) is 0. The quantitative estimate of drug-likeness (QED) is 0.516. The molecule has 0 fully saturated rings. The van der Waals surface area contributed by atoms with E-state index in [0.717, 1.165) is 21.8 Å². The van der Waals surface area contributed by atoms with E-state index in [1.165, 1.54) is 0 Å². The minimum absolute atomic E-state index is 0.223. The van der Waals surface area contributed by atoms with Crippen molar-refractivity contribution in [1.82, 2.24) is 5.32 Å². The fraction of sp³-hybridized carbons (Fsp3) is 0. The van der Waals surface area contributed by atoms with Gasteiger partial charge in [0.1, 0.15) is 5.58 Å². The van der Waals surface area contributed by atoms with Crippen LogP contribution in [0.25, 0.3) is 21.7 Å². The molecule has 0 bridgehead atoms. The van der Waals surface area contributed by atoms with Crippen molar-refractivity contribution < 1.29 is 9.21 Å². The summed E-state index contributed by atoms with van der Waals surface area (Å²) in [5, 5.41) is 9.01. The SMILES string of the molecule is O=C(NC(=S)Nc1ccc2ccccc2c1)c1cc2ccccc2o1. The number of nitrogens with one attached hydrogen (secondary N) is 2. The molecule has 122 valence electrons. The first kappa shape index (κ1) is 15.4. The van der Waals surface area contributed by atoms with Gasteiger partial charge < -0.3 is 9.73 Å². The average Bonchev–Trinajstić information content (AvgIpc) is 3.06. The van der Waals surface area contributed by atoms with E-state index in [9.17, 15) is 4.79 Å². The molecule has 0 unspecified atom stereocenters. The van der Waals surface area contributed by atoms with Crippen LogP contribution in [0, 0.1) is 0 Å². The van der Waals surface area contributed by atoms with Crippen LogP contribution in [0.3, 0.4) is 0 Å². The summed E-state index contributed by atoms with van der Waals surface area (Å²) < 4.78 is 5.54. The van der Waals surface area contributed by atoms with Crippen molar-refractivity contribution in [3.8, 4) is 0 Å². The third-order valence-electron chi connectivity index (χ3n) is 3.88. The predicted octanol–water partition coefficient (Wildman–Crippen LogP) is 4.71. The van der Waals surface area contributed by atoms with Crippen LogP contribution in [-0.2, 0) is 0 Å². The van der Waals surface area contributed by atoms with Crippen molar-refractivity contribution in [2.75, 3.05) is 5.32 Å². The monoisotopic (exact) mass is 346 g/mol. The molecular weight excluding hydrogens is 332 g/mol. The van der Waals surface area contributed by atoms with Crippen molar-refractivity contribution in [3.63, 3.8) is 0 Å². The van der Waals surface area contributed by atoms with E-state index >= 15 is 0 Å². The van der Waals surface area contributed by atoms with Gasteiger partial charge >= 0.3 is 0 Å². The minimum Gasteiger partial charge on any atom is -0.451 e. The fourth-order valence-corrected chi connectivity index (χ4v) is 2.90. The summed E-state index contributed by atoms with van der Waals surface area (Å²) in [5.74, 6) is -0.154. The Morgan fingerprint density at radius 3 is 2.36 bits per heavy atom. The van der Waals surface area contributed by atoms with Crippen LogP contribution in [0.2, 0.25) is 0 Å².